The lowest BCUT2D eigenvalue weighted by Crippen LogP contribution is -2.24. The van der Waals surface area contributed by atoms with Crippen molar-refractivity contribution in [3.8, 4) is 17.3 Å². The van der Waals surface area contributed by atoms with E-state index >= 15 is 0 Å². The van der Waals surface area contributed by atoms with Crippen molar-refractivity contribution in [1.29, 1.82) is 0 Å². The summed E-state index contributed by atoms with van der Waals surface area (Å²) in [6, 6.07) is 12.2. The van der Waals surface area contributed by atoms with Crippen LogP contribution in [0.2, 0.25) is 0 Å². The Balaban J connectivity index is 1.74. The van der Waals surface area contributed by atoms with E-state index in [1.165, 1.54) is 16.7 Å². The number of rotatable bonds is 5. The number of hydrogen-bond donors (Lipinski definition) is 2. The molecule has 7 nitrogen and oxygen atoms in total. The maximum Gasteiger partial charge on any atom is 0.573 e. The van der Waals surface area contributed by atoms with E-state index in [1.807, 2.05) is 18.2 Å². The maximum absolute atomic E-state index is 13.1. The summed E-state index contributed by atoms with van der Waals surface area (Å²) in [6.07, 6.45) is -3.17. The average molecular weight is 444 g/mol. The second kappa shape index (κ2) is 7.95. The van der Waals surface area contributed by atoms with Crippen LogP contribution in [0, 0.1) is 6.92 Å². The lowest BCUT2D eigenvalue weighted by atomic mass is 10.1. The number of nitrogens with zero attached hydrogens (tertiary/aromatic N) is 3. The second-order valence-electron chi connectivity index (χ2n) is 7.08. The molecule has 0 aliphatic rings. The van der Waals surface area contributed by atoms with Crippen molar-refractivity contribution in [3.63, 3.8) is 0 Å². The number of fused-ring (bicyclic) bond motifs is 1. The molecule has 0 bridgehead atoms. The number of aromatic hydroxyl groups is 1. The van der Waals surface area contributed by atoms with Gasteiger partial charge in [0.1, 0.15) is 5.75 Å². The molecule has 0 spiro atoms. The van der Waals surface area contributed by atoms with Gasteiger partial charge in [0, 0.05) is 18.6 Å². The van der Waals surface area contributed by atoms with Crippen molar-refractivity contribution in [2.45, 2.75) is 19.8 Å². The highest BCUT2D eigenvalue weighted by molar-refractivity contribution is 5.92. The minimum Gasteiger partial charge on any atom is -0.493 e. The molecule has 10 heteroatoms. The van der Waals surface area contributed by atoms with Crippen molar-refractivity contribution >= 4 is 16.6 Å². The van der Waals surface area contributed by atoms with Crippen LogP contribution in [0.1, 0.15) is 11.3 Å². The topological polar surface area (TPSA) is 81.3 Å². The Bertz CT molecular complexity index is 1340. The maximum atomic E-state index is 13.1. The molecule has 2 N–H and O–H groups in total. The summed E-state index contributed by atoms with van der Waals surface area (Å²) < 4.78 is 43.4. The Kier molecular flexibility index (Phi) is 5.29. The molecule has 0 amide bonds. The number of hydrogen-bond acceptors (Lipinski definition) is 5. The fraction of sp³-hybridized carbons (Fsp3) is 0.182. The molecule has 0 saturated carbocycles. The van der Waals surface area contributed by atoms with Gasteiger partial charge in [-0.05, 0) is 48.9 Å². The highest BCUT2D eigenvalue weighted by Crippen LogP contribution is 2.27. The molecule has 4 aromatic rings. The van der Waals surface area contributed by atoms with Crippen LogP contribution >= 0.6 is 0 Å². The van der Waals surface area contributed by atoms with Crippen molar-refractivity contribution in [2.75, 3.05) is 12.4 Å². The number of imidazole rings is 1. The molecule has 4 rings (SSSR count). The highest BCUT2D eigenvalue weighted by atomic mass is 19.4. The molecule has 2 aromatic carbocycles. The Labute approximate surface area is 180 Å². The van der Waals surface area contributed by atoms with Crippen molar-refractivity contribution in [1.82, 2.24) is 14.1 Å². The molecule has 0 atom stereocenters. The van der Waals surface area contributed by atoms with Crippen molar-refractivity contribution < 1.29 is 23.0 Å². The first-order valence-electron chi connectivity index (χ1n) is 9.61. The van der Waals surface area contributed by atoms with Gasteiger partial charge in [-0.25, -0.2) is 9.36 Å². The summed E-state index contributed by atoms with van der Waals surface area (Å²) in [4.78, 5) is 17.5. The molecule has 0 radical (unpaired) electrons. The van der Waals surface area contributed by atoms with Crippen LogP contribution in [0.15, 0.2) is 59.5 Å². The van der Waals surface area contributed by atoms with E-state index in [4.69, 9.17) is 0 Å². The summed E-state index contributed by atoms with van der Waals surface area (Å²) in [5.74, 6) is -0.720. The van der Waals surface area contributed by atoms with Gasteiger partial charge in [0.05, 0.1) is 29.1 Å². The van der Waals surface area contributed by atoms with Crippen LogP contribution in [0.25, 0.3) is 16.6 Å². The van der Waals surface area contributed by atoms with E-state index in [-0.39, 0.29) is 18.1 Å². The number of halogens is 3. The SMILES string of the molecule is CNc1cccc2c(Cn3c(C)c(O)n(-c4ccc(OC(F)(F)F)cc4)c3=O)ccnc12. The predicted octanol–water partition coefficient (Wildman–Crippen LogP) is 4.19. The summed E-state index contributed by atoms with van der Waals surface area (Å²) in [7, 11) is 1.79. The van der Waals surface area contributed by atoms with Gasteiger partial charge in [0.15, 0.2) is 0 Å². The fourth-order valence-electron chi connectivity index (χ4n) is 3.60. The smallest absolute Gasteiger partial charge is 0.493 e. The largest absolute Gasteiger partial charge is 0.573 e. The number of pyridine rings is 1. The molecule has 2 heterocycles. The lowest BCUT2D eigenvalue weighted by molar-refractivity contribution is -0.274. The third-order valence-corrected chi connectivity index (χ3v) is 5.15. The van der Waals surface area contributed by atoms with Gasteiger partial charge in [0.25, 0.3) is 0 Å². The number of benzene rings is 2. The number of nitrogens with one attached hydrogen (secondary N) is 1. The van der Waals surface area contributed by atoms with Gasteiger partial charge in [-0.2, -0.15) is 0 Å². The predicted molar refractivity (Wildman–Crippen MR) is 114 cm³/mol. The summed E-state index contributed by atoms with van der Waals surface area (Å²) in [5.41, 5.74) is 2.42. The van der Waals surface area contributed by atoms with Gasteiger partial charge in [-0.15, -0.1) is 13.2 Å². The number of aromatic nitrogens is 3. The van der Waals surface area contributed by atoms with Gasteiger partial charge in [-0.1, -0.05) is 12.1 Å². The quantitative estimate of drug-likeness (QED) is 0.483. The standard InChI is InChI=1S/C22H19F3N4O3/c1-13-20(30)29(15-6-8-16(9-7-15)32-22(23,24)25)21(31)28(13)12-14-10-11-27-19-17(14)4-3-5-18(19)26-2/h3-11,26,30H,12H2,1-2H3. The van der Waals surface area contributed by atoms with Gasteiger partial charge in [-0.3, -0.25) is 9.55 Å². The first kappa shape index (κ1) is 21.3. The van der Waals surface area contributed by atoms with Crippen molar-refractivity contribution in [3.05, 3.63) is 76.5 Å². The molecular formula is C22H19F3N4O3. The van der Waals surface area contributed by atoms with E-state index < -0.39 is 17.8 Å². The molecule has 0 aliphatic heterocycles. The van der Waals surface area contributed by atoms with Crippen LogP contribution in [0.5, 0.6) is 11.6 Å². The van der Waals surface area contributed by atoms with Crippen LogP contribution in [-0.2, 0) is 6.54 Å². The van der Waals surface area contributed by atoms with E-state index in [9.17, 15) is 23.1 Å². The van der Waals surface area contributed by atoms with Gasteiger partial charge >= 0.3 is 12.1 Å². The zero-order valence-electron chi connectivity index (χ0n) is 17.1. The monoisotopic (exact) mass is 444 g/mol. The molecule has 2 aromatic heterocycles. The molecule has 0 fully saturated rings. The minimum absolute atomic E-state index is 0.173. The first-order valence-corrected chi connectivity index (χ1v) is 9.61. The van der Waals surface area contributed by atoms with E-state index in [1.54, 1.807) is 26.2 Å². The third-order valence-electron chi connectivity index (χ3n) is 5.15. The van der Waals surface area contributed by atoms with E-state index in [2.05, 4.69) is 15.0 Å². The number of ether oxygens (including phenoxy) is 1. The van der Waals surface area contributed by atoms with Crippen LogP contribution in [-0.4, -0.2) is 32.6 Å². The molecule has 0 aliphatic carbocycles. The van der Waals surface area contributed by atoms with Crippen molar-refractivity contribution in [2.24, 2.45) is 0 Å². The Morgan fingerprint density at radius 3 is 2.50 bits per heavy atom. The zero-order chi connectivity index (χ0) is 23.0. The molecule has 0 saturated heterocycles. The van der Waals surface area contributed by atoms with E-state index in [0.717, 1.165) is 38.9 Å². The minimum atomic E-state index is -4.82. The number of alkyl halides is 3. The summed E-state index contributed by atoms with van der Waals surface area (Å²) >= 11 is 0. The summed E-state index contributed by atoms with van der Waals surface area (Å²) in [6.45, 7) is 1.77. The third kappa shape index (κ3) is 3.86. The van der Waals surface area contributed by atoms with Gasteiger partial charge in [0.2, 0.25) is 5.88 Å². The molecule has 32 heavy (non-hydrogen) atoms. The molecule has 0 unspecified atom stereocenters. The number of anilines is 1. The summed E-state index contributed by atoms with van der Waals surface area (Å²) in [5, 5.41) is 14.5. The normalized spacial score (nSPS) is 11.7. The van der Waals surface area contributed by atoms with Crippen LogP contribution in [0.3, 0.4) is 0 Å². The Morgan fingerprint density at radius 1 is 1.12 bits per heavy atom. The first-order chi connectivity index (χ1) is 15.2. The van der Waals surface area contributed by atoms with Crippen LogP contribution in [0.4, 0.5) is 18.9 Å². The molecule has 166 valence electrons. The Hall–Kier alpha value is -3.95. The molecular weight excluding hydrogens is 425 g/mol. The Morgan fingerprint density at radius 2 is 1.84 bits per heavy atom. The lowest BCUT2D eigenvalue weighted by Gasteiger charge is -2.10. The van der Waals surface area contributed by atoms with Crippen LogP contribution < -0.4 is 15.7 Å². The number of para-hydroxylation sites is 1. The fourth-order valence-corrected chi connectivity index (χ4v) is 3.60. The zero-order valence-corrected chi connectivity index (χ0v) is 17.1. The average Bonchev–Trinajstić information content (AvgIpc) is 2.96. The van der Waals surface area contributed by atoms with Gasteiger partial charge < -0.3 is 15.2 Å². The second-order valence-corrected chi connectivity index (χ2v) is 7.08. The van der Waals surface area contributed by atoms with E-state index in [0.29, 0.717) is 5.69 Å². The highest BCUT2D eigenvalue weighted by Gasteiger charge is 2.31.